The van der Waals surface area contributed by atoms with Crippen LogP contribution in [0.4, 0.5) is 0 Å². The Bertz CT molecular complexity index is 1790. The van der Waals surface area contributed by atoms with Crippen LogP contribution in [0.3, 0.4) is 0 Å². The largest absolute Gasteiger partial charge is 0.481 e. The van der Waals surface area contributed by atoms with E-state index in [9.17, 15) is 9.59 Å². The summed E-state index contributed by atoms with van der Waals surface area (Å²) < 4.78 is 26.3. The fourth-order valence-corrected chi connectivity index (χ4v) is 9.99. The van der Waals surface area contributed by atoms with Crippen molar-refractivity contribution in [2.24, 2.45) is 22.2 Å². The van der Waals surface area contributed by atoms with E-state index in [0.717, 1.165) is 29.9 Å². The molecule has 6 atom stereocenters. The first-order chi connectivity index (χ1) is 27.0. The van der Waals surface area contributed by atoms with Gasteiger partial charge in [-0.15, -0.1) is 0 Å². The predicted octanol–water partition coefficient (Wildman–Crippen LogP) is 8.52. The monoisotopic (exact) mass is 814 g/mol. The number of nitrogens with one attached hydrogen (secondary N) is 1. The number of esters is 1. The first-order valence-corrected chi connectivity index (χ1v) is 23.9. The van der Waals surface area contributed by atoms with Crippen LogP contribution in [0.2, 0.25) is 18.1 Å². The molecule has 11 nitrogen and oxygen atoms in total. The van der Waals surface area contributed by atoms with Crippen LogP contribution in [-0.2, 0) is 36.4 Å². The Kier molecular flexibility index (Phi) is 14.2. The Morgan fingerprint density at radius 1 is 1.05 bits per heavy atom. The van der Waals surface area contributed by atoms with E-state index in [1.165, 1.54) is 6.20 Å². The van der Waals surface area contributed by atoms with Gasteiger partial charge >= 0.3 is 13.1 Å². The lowest BCUT2D eigenvalue weighted by Crippen LogP contribution is -2.65. The van der Waals surface area contributed by atoms with Crippen molar-refractivity contribution in [2.45, 2.75) is 155 Å². The zero-order valence-electron chi connectivity index (χ0n) is 37.0. The molecule has 3 aliphatic carbocycles. The van der Waals surface area contributed by atoms with Crippen LogP contribution in [0.1, 0.15) is 116 Å². The maximum Gasteiger partial charge on any atom is 0.481 e. The van der Waals surface area contributed by atoms with E-state index in [4.69, 9.17) is 23.5 Å². The SMILES string of the molecule is C=C/N=C(\C=C)CN(Cc1ccccn1)Cc1ccc(C(=O)N[C@@H](CCC(CC(=O)OC(C)(C)C)O[Si](C)(C)C(C)(C)C)B2O[C@@H]3C[C@@H]4C[C@@H](C4(C)C)[C@]3(C)O2)cn1. The topological polar surface area (TPSA) is 124 Å². The van der Waals surface area contributed by atoms with Crippen LogP contribution >= 0.6 is 0 Å². The van der Waals surface area contributed by atoms with Gasteiger partial charge in [0.1, 0.15) is 5.60 Å². The molecule has 1 N–H and O–H groups in total. The summed E-state index contributed by atoms with van der Waals surface area (Å²) in [5.74, 6) is -0.123. The zero-order valence-corrected chi connectivity index (χ0v) is 38.0. The number of carbonyl (C=O) groups excluding carboxylic acids is 2. The quantitative estimate of drug-likeness (QED) is 0.0897. The molecule has 0 radical (unpaired) electrons. The average Bonchev–Trinajstić information content (AvgIpc) is 3.49. The van der Waals surface area contributed by atoms with Gasteiger partial charge in [-0.25, -0.2) is 0 Å². The van der Waals surface area contributed by atoms with Crippen LogP contribution in [0.15, 0.2) is 73.2 Å². The van der Waals surface area contributed by atoms with Crippen LogP contribution in [0.25, 0.3) is 0 Å². The van der Waals surface area contributed by atoms with E-state index < -0.39 is 38.7 Å². The molecule has 3 heterocycles. The van der Waals surface area contributed by atoms with Gasteiger partial charge in [0.25, 0.3) is 5.91 Å². The molecular formula is C45H68BN5O6Si. The number of pyridine rings is 2. The molecule has 1 unspecified atom stereocenters. The smallest absolute Gasteiger partial charge is 0.460 e. The number of nitrogens with zero attached hydrogens (tertiary/aromatic N) is 4. The third kappa shape index (κ3) is 11.0. The maximum atomic E-state index is 14.1. The van der Waals surface area contributed by atoms with Crippen molar-refractivity contribution < 1.29 is 28.1 Å². The van der Waals surface area contributed by atoms with Crippen molar-refractivity contribution in [3.63, 3.8) is 0 Å². The maximum absolute atomic E-state index is 14.1. The number of carbonyl (C=O) groups is 2. The summed E-state index contributed by atoms with van der Waals surface area (Å²) in [5, 5.41) is 3.22. The Morgan fingerprint density at radius 3 is 2.33 bits per heavy atom. The summed E-state index contributed by atoms with van der Waals surface area (Å²) in [6, 6.07) is 9.53. The molecule has 13 heteroatoms. The van der Waals surface area contributed by atoms with Gasteiger partial charge < -0.3 is 23.8 Å². The van der Waals surface area contributed by atoms with Crippen LogP contribution < -0.4 is 5.32 Å². The van der Waals surface area contributed by atoms with Crippen molar-refractivity contribution in [1.29, 1.82) is 0 Å². The van der Waals surface area contributed by atoms with E-state index in [1.54, 1.807) is 24.5 Å². The second-order valence-electron chi connectivity index (χ2n) is 19.8. The number of hydrogen-bond donors (Lipinski definition) is 1. The van der Waals surface area contributed by atoms with Gasteiger partial charge in [-0.3, -0.25) is 29.4 Å². The minimum Gasteiger partial charge on any atom is -0.460 e. The molecule has 1 saturated heterocycles. The summed E-state index contributed by atoms with van der Waals surface area (Å²) >= 11 is 0. The molecule has 0 spiro atoms. The minimum atomic E-state index is -2.28. The van der Waals surface area contributed by atoms with Crippen molar-refractivity contribution >= 4 is 33.0 Å². The second kappa shape index (κ2) is 18.0. The molecule has 0 aromatic carbocycles. The average molecular weight is 814 g/mol. The molecule has 2 bridgehead atoms. The molecule has 6 rings (SSSR count). The minimum absolute atomic E-state index is 0.0529. The van der Waals surface area contributed by atoms with Crippen LogP contribution in [0.5, 0.6) is 0 Å². The van der Waals surface area contributed by atoms with E-state index in [2.05, 4.69) is 88.0 Å². The molecule has 2 aromatic rings. The number of amides is 1. The lowest BCUT2D eigenvalue weighted by Gasteiger charge is -2.64. The fourth-order valence-electron chi connectivity index (χ4n) is 8.60. The summed E-state index contributed by atoms with van der Waals surface area (Å²) in [4.78, 5) is 43.1. The van der Waals surface area contributed by atoms with E-state index >= 15 is 0 Å². The Hall–Kier alpha value is -3.49. The first kappa shape index (κ1) is 45.6. The number of ether oxygens (including phenoxy) is 1. The van der Waals surface area contributed by atoms with E-state index in [1.807, 2.05) is 45.0 Å². The number of aromatic nitrogens is 2. The van der Waals surface area contributed by atoms with Gasteiger partial charge in [-0.05, 0) is 119 Å². The normalized spacial score (nSPS) is 24.0. The van der Waals surface area contributed by atoms with Gasteiger partial charge in [0.15, 0.2) is 8.32 Å². The highest BCUT2D eigenvalue weighted by atomic mass is 28.4. The van der Waals surface area contributed by atoms with Crippen molar-refractivity contribution in [1.82, 2.24) is 20.2 Å². The van der Waals surface area contributed by atoms with Gasteiger partial charge in [0.2, 0.25) is 0 Å². The van der Waals surface area contributed by atoms with Gasteiger partial charge in [-0.2, -0.15) is 0 Å². The molecular weight excluding hydrogens is 745 g/mol. The number of aliphatic imine (C=N–C) groups is 1. The summed E-state index contributed by atoms with van der Waals surface area (Å²) in [5.41, 5.74) is 2.02. The standard InChI is InChI=1S/C45H68BN5O6Si/c1-14-33(47-15-2)28-51(29-34-18-16-17-23-48-34)30-35-20-19-31(27-49-35)41(53)50-39(46-55-38-25-32-24-37(44(32,9)10)45(38,11)57-46)22-21-36(26-40(52)54-42(3,4)5)56-58(12,13)43(6,7)8/h14-20,23,27,32,36-39H,1-2,21-22,24-26,28-30H2,3-13H3,(H,50,53)/b47-33+/t32-,36?,37-,38+,39-,45-/m0/s1. The molecule has 316 valence electrons. The van der Waals surface area contributed by atoms with Crippen molar-refractivity contribution in [2.75, 3.05) is 6.54 Å². The molecule has 3 saturated carbocycles. The Labute approximate surface area is 349 Å². The van der Waals surface area contributed by atoms with Crippen molar-refractivity contribution in [3.05, 3.63) is 85.1 Å². The Morgan fingerprint density at radius 2 is 1.76 bits per heavy atom. The molecule has 2 aromatic heterocycles. The van der Waals surface area contributed by atoms with Gasteiger partial charge in [-0.1, -0.05) is 53.8 Å². The first-order valence-electron chi connectivity index (χ1n) is 21.0. The van der Waals surface area contributed by atoms with Gasteiger partial charge in [0.05, 0.1) is 52.8 Å². The second-order valence-corrected chi connectivity index (χ2v) is 24.6. The van der Waals surface area contributed by atoms with Crippen molar-refractivity contribution in [3.8, 4) is 0 Å². The summed E-state index contributed by atoms with van der Waals surface area (Å²) in [6.07, 6.45) is 9.32. The highest BCUT2D eigenvalue weighted by Gasteiger charge is 2.68. The van der Waals surface area contributed by atoms with E-state index in [-0.39, 0.29) is 34.9 Å². The fraction of sp³-hybridized carbons (Fsp3) is 0.622. The summed E-state index contributed by atoms with van der Waals surface area (Å²) in [6.45, 7) is 32.7. The van der Waals surface area contributed by atoms with Crippen LogP contribution in [0, 0.1) is 17.3 Å². The lowest BCUT2D eigenvalue weighted by molar-refractivity contribution is -0.199. The third-order valence-corrected chi connectivity index (χ3v) is 17.5. The molecule has 1 amide bonds. The number of hydrogen-bond acceptors (Lipinski definition) is 10. The highest BCUT2D eigenvalue weighted by Crippen LogP contribution is 2.65. The van der Waals surface area contributed by atoms with E-state index in [0.29, 0.717) is 49.9 Å². The Balaban J connectivity index is 1.36. The summed E-state index contributed by atoms with van der Waals surface area (Å²) in [7, 11) is -2.94. The molecule has 4 fully saturated rings. The predicted molar refractivity (Wildman–Crippen MR) is 234 cm³/mol. The molecule has 1 aliphatic heterocycles. The van der Waals surface area contributed by atoms with Gasteiger partial charge in [0, 0.05) is 38.2 Å². The number of rotatable bonds is 18. The lowest BCUT2D eigenvalue weighted by atomic mass is 9.43. The molecule has 4 aliphatic rings. The third-order valence-electron chi connectivity index (χ3n) is 13.0. The zero-order chi connectivity index (χ0) is 42.7. The molecule has 58 heavy (non-hydrogen) atoms. The highest BCUT2D eigenvalue weighted by molar-refractivity contribution is 6.74. The van der Waals surface area contributed by atoms with Crippen LogP contribution in [-0.4, -0.2) is 83.8 Å².